The van der Waals surface area contributed by atoms with Crippen LogP contribution in [0, 0.1) is 0 Å². The number of thiophene rings is 1. The maximum absolute atomic E-state index is 12.7. The fourth-order valence-corrected chi connectivity index (χ4v) is 3.43. The van der Waals surface area contributed by atoms with E-state index in [1.165, 1.54) is 23.5 Å². The van der Waals surface area contributed by atoms with E-state index in [0.717, 1.165) is 17.0 Å². The summed E-state index contributed by atoms with van der Waals surface area (Å²) < 4.78 is 43.2. The standard InChI is InChI=1S/C18H13F3N2O2S/c19-18(20,21)11-3-5-12(6-4-11)22-16(24)17(7-8-17)15-10-13(25-23-15)14-2-1-9-26-14/h1-6,9-10H,7-8H2,(H,22,24). The predicted molar refractivity (Wildman–Crippen MR) is 90.8 cm³/mol. The molecule has 0 radical (unpaired) electrons. The monoisotopic (exact) mass is 378 g/mol. The van der Waals surface area contributed by atoms with Crippen molar-refractivity contribution < 1.29 is 22.5 Å². The summed E-state index contributed by atoms with van der Waals surface area (Å²) in [4.78, 5) is 13.6. The van der Waals surface area contributed by atoms with Gasteiger partial charge in [-0.3, -0.25) is 4.79 Å². The van der Waals surface area contributed by atoms with Gasteiger partial charge in [-0.2, -0.15) is 13.2 Å². The van der Waals surface area contributed by atoms with Gasteiger partial charge in [0.25, 0.3) is 0 Å². The van der Waals surface area contributed by atoms with Crippen molar-refractivity contribution in [2.24, 2.45) is 0 Å². The topological polar surface area (TPSA) is 55.1 Å². The molecule has 4 nitrogen and oxygen atoms in total. The van der Waals surface area contributed by atoms with Gasteiger partial charge >= 0.3 is 6.18 Å². The van der Waals surface area contributed by atoms with Crippen LogP contribution in [0.3, 0.4) is 0 Å². The lowest BCUT2D eigenvalue weighted by molar-refractivity contribution is -0.137. The highest BCUT2D eigenvalue weighted by Gasteiger charge is 2.54. The molecule has 8 heteroatoms. The van der Waals surface area contributed by atoms with Crippen molar-refractivity contribution >= 4 is 22.9 Å². The van der Waals surface area contributed by atoms with Crippen molar-refractivity contribution in [2.75, 3.05) is 5.32 Å². The van der Waals surface area contributed by atoms with E-state index in [1.807, 2.05) is 17.5 Å². The van der Waals surface area contributed by atoms with Gasteiger partial charge in [0.05, 0.1) is 21.5 Å². The second-order valence-electron chi connectivity index (χ2n) is 6.17. The van der Waals surface area contributed by atoms with Crippen molar-refractivity contribution in [2.45, 2.75) is 24.4 Å². The zero-order valence-electron chi connectivity index (χ0n) is 13.3. The Balaban J connectivity index is 1.51. The number of rotatable bonds is 4. The minimum Gasteiger partial charge on any atom is -0.355 e. The number of carbonyl (C=O) groups excluding carboxylic acids is 1. The SMILES string of the molecule is O=C(Nc1ccc(C(F)(F)F)cc1)C1(c2cc(-c3cccs3)on2)CC1. The Morgan fingerprint density at radius 2 is 1.92 bits per heavy atom. The molecule has 0 atom stereocenters. The number of carbonyl (C=O) groups is 1. The molecule has 1 fully saturated rings. The van der Waals surface area contributed by atoms with E-state index in [4.69, 9.17) is 4.52 Å². The lowest BCUT2D eigenvalue weighted by Gasteiger charge is -2.13. The quantitative estimate of drug-likeness (QED) is 0.688. The van der Waals surface area contributed by atoms with Gasteiger partial charge in [0, 0.05) is 11.8 Å². The molecule has 4 rings (SSSR count). The predicted octanol–water partition coefficient (Wildman–Crippen LogP) is 5.09. The molecule has 1 aromatic carbocycles. The maximum Gasteiger partial charge on any atom is 0.416 e. The lowest BCUT2D eigenvalue weighted by Crippen LogP contribution is -2.28. The molecule has 1 amide bonds. The van der Waals surface area contributed by atoms with Gasteiger partial charge in [-0.25, -0.2) is 0 Å². The Morgan fingerprint density at radius 1 is 1.19 bits per heavy atom. The summed E-state index contributed by atoms with van der Waals surface area (Å²) >= 11 is 1.51. The molecule has 1 aliphatic carbocycles. The molecule has 0 aliphatic heterocycles. The van der Waals surface area contributed by atoms with E-state index in [0.29, 0.717) is 30.0 Å². The molecule has 0 bridgehead atoms. The Labute approximate surface area is 150 Å². The molecule has 1 aliphatic rings. The second kappa shape index (κ2) is 5.98. The minimum absolute atomic E-state index is 0.289. The van der Waals surface area contributed by atoms with Gasteiger partial charge in [0.2, 0.25) is 5.91 Å². The van der Waals surface area contributed by atoms with Gasteiger partial charge < -0.3 is 9.84 Å². The van der Waals surface area contributed by atoms with E-state index in [1.54, 1.807) is 6.07 Å². The van der Waals surface area contributed by atoms with Crippen LogP contribution < -0.4 is 5.32 Å². The first kappa shape index (κ1) is 16.8. The summed E-state index contributed by atoms with van der Waals surface area (Å²) in [5.74, 6) is 0.312. The lowest BCUT2D eigenvalue weighted by atomic mass is 10.0. The Morgan fingerprint density at radius 3 is 2.50 bits per heavy atom. The Hall–Kier alpha value is -2.61. The summed E-state index contributed by atoms with van der Waals surface area (Å²) in [5, 5.41) is 8.64. The van der Waals surface area contributed by atoms with E-state index >= 15 is 0 Å². The third kappa shape index (κ3) is 3.01. The number of aromatic nitrogens is 1. The minimum atomic E-state index is -4.40. The number of amides is 1. The van der Waals surface area contributed by atoms with Crippen molar-refractivity contribution in [1.29, 1.82) is 0 Å². The number of hydrogen-bond donors (Lipinski definition) is 1. The van der Waals surface area contributed by atoms with Gasteiger partial charge in [-0.05, 0) is 48.6 Å². The number of nitrogens with zero attached hydrogens (tertiary/aromatic N) is 1. The highest BCUT2D eigenvalue weighted by Crippen LogP contribution is 2.49. The molecular weight excluding hydrogens is 365 g/mol. The molecular formula is C18H13F3N2O2S. The first-order valence-electron chi connectivity index (χ1n) is 7.88. The molecule has 2 aromatic heterocycles. The van der Waals surface area contributed by atoms with Crippen LogP contribution in [0.4, 0.5) is 18.9 Å². The van der Waals surface area contributed by atoms with E-state index in [-0.39, 0.29) is 5.91 Å². The van der Waals surface area contributed by atoms with E-state index < -0.39 is 17.2 Å². The van der Waals surface area contributed by atoms with Gasteiger partial charge in [0.15, 0.2) is 5.76 Å². The van der Waals surface area contributed by atoms with E-state index in [2.05, 4.69) is 10.5 Å². The number of benzene rings is 1. The van der Waals surface area contributed by atoms with Crippen molar-refractivity contribution in [3.8, 4) is 10.6 Å². The van der Waals surface area contributed by atoms with Crippen LogP contribution >= 0.6 is 11.3 Å². The highest BCUT2D eigenvalue weighted by atomic mass is 32.1. The van der Waals surface area contributed by atoms with Crippen LogP contribution in [-0.4, -0.2) is 11.1 Å². The van der Waals surface area contributed by atoms with Crippen LogP contribution in [0.1, 0.15) is 24.1 Å². The van der Waals surface area contributed by atoms with Crippen LogP contribution in [-0.2, 0) is 16.4 Å². The van der Waals surface area contributed by atoms with Gasteiger partial charge in [0.1, 0.15) is 0 Å². The average molecular weight is 378 g/mol. The Bertz CT molecular complexity index is 926. The Kier molecular flexibility index (Phi) is 3.87. The third-order valence-corrected chi connectivity index (χ3v) is 5.30. The fraction of sp³-hybridized carbons (Fsp3) is 0.222. The smallest absolute Gasteiger partial charge is 0.355 e. The van der Waals surface area contributed by atoms with Crippen molar-refractivity contribution in [1.82, 2.24) is 5.16 Å². The number of nitrogens with one attached hydrogen (secondary N) is 1. The zero-order valence-corrected chi connectivity index (χ0v) is 14.2. The summed E-state index contributed by atoms with van der Waals surface area (Å²) in [6.45, 7) is 0. The number of halogens is 3. The van der Waals surface area contributed by atoms with Gasteiger partial charge in [-0.15, -0.1) is 11.3 Å². The average Bonchev–Trinajstić information content (AvgIpc) is 3.02. The van der Waals surface area contributed by atoms with Crippen molar-refractivity contribution in [3.63, 3.8) is 0 Å². The molecule has 3 aromatic rings. The summed E-state index contributed by atoms with van der Waals surface area (Å²) in [7, 11) is 0. The summed E-state index contributed by atoms with van der Waals surface area (Å²) in [6, 6.07) is 9.93. The zero-order chi connectivity index (χ0) is 18.4. The molecule has 1 N–H and O–H groups in total. The first-order valence-corrected chi connectivity index (χ1v) is 8.76. The van der Waals surface area contributed by atoms with Gasteiger partial charge in [-0.1, -0.05) is 11.2 Å². The third-order valence-electron chi connectivity index (χ3n) is 4.42. The first-order chi connectivity index (χ1) is 12.4. The van der Waals surface area contributed by atoms with Crippen LogP contribution in [0.2, 0.25) is 0 Å². The molecule has 1 saturated carbocycles. The number of anilines is 1. The van der Waals surface area contributed by atoms with Crippen molar-refractivity contribution in [3.05, 3.63) is 59.1 Å². The van der Waals surface area contributed by atoms with E-state index in [9.17, 15) is 18.0 Å². The molecule has 0 unspecified atom stereocenters. The highest BCUT2D eigenvalue weighted by molar-refractivity contribution is 7.13. The largest absolute Gasteiger partial charge is 0.416 e. The molecule has 2 heterocycles. The normalized spacial score (nSPS) is 15.7. The molecule has 0 spiro atoms. The van der Waals surface area contributed by atoms with Crippen LogP contribution in [0.25, 0.3) is 10.6 Å². The summed E-state index contributed by atoms with van der Waals surface area (Å²) in [6.07, 6.45) is -3.16. The fourth-order valence-electron chi connectivity index (χ4n) is 2.75. The van der Waals surface area contributed by atoms with Crippen LogP contribution in [0.15, 0.2) is 52.4 Å². The number of hydrogen-bond acceptors (Lipinski definition) is 4. The number of alkyl halides is 3. The van der Waals surface area contributed by atoms with Crippen LogP contribution in [0.5, 0.6) is 0 Å². The molecule has 0 saturated heterocycles. The molecule has 26 heavy (non-hydrogen) atoms. The summed E-state index contributed by atoms with van der Waals surface area (Å²) in [5.41, 5.74) is -0.669. The molecule has 134 valence electrons. The second-order valence-corrected chi connectivity index (χ2v) is 7.11. The maximum atomic E-state index is 12.7.